The van der Waals surface area contributed by atoms with Crippen LogP contribution in [0.15, 0.2) is 199 Å². The van der Waals surface area contributed by atoms with Crippen molar-refractivity contribution in [1.82, 2.24) is 15.0 Å². The minimum absolute atomic E-state index is 0.533. The molecule has 0 radical (unpaired) electrons. The second-order valence-electron chi connectivity index (χ2n) is 15.5. The maximum atomic E-state index is 6.50. The van der Waals surface area contributed by atoms with E-state index in [-0.39, 0.29) is 0 Å². The lowest BCUT2D eigenvalue weighted by molar-refractivity contribution is 0.669. The molecule has 10 aromatic rings. The van der Waals surface area contributed by atoms with E-state index in [1.54, 1.807) is 0 Å². The van der Waals surface area contributed by atoms with Crippen molar-refractivity contribution in [3.8, 4) is 45.3 Å². The summed E-state index contributed by atoms with van der Waals surface area (Å²) in [5, 5.41) is 1.98. The van der Waals surface area contributed by atoms with Crippen LogP contribution in [0.25, 0.3) is 67.2 Å². The molecule has 2 aromatic heterocycles. The summed E-state index contributed by atoms with van der Waals surface area (Å²) in [7, 11) is 0. The molecule has 0 aliphatic rings. The van der Waals surface area contributed by atoms with Crippen molar-refractivity contribution in [1.29, 1.82) is 0 Å². The molecule has 0 amide bonds. The van der Waals surface area contributed by atoms with E-state index in [0.717, 1.165) is 49.8 Å². The maximum Gasteiger partial charge on any atom is 0.164 e. The van der Waals surface area contributed by atoms with Crippen LogP contribution in [0.4, 0.5) is 0 Å². The minimum Gasteiger partial charge on any atom is -0.456 e. The lowest BCUT2D eigenvalue weighted by Gasteiger charge is -2.37. The Kier molecular flexibility index (Phi) is 9.03. The Labute approximate surface area is 344 Å². The number of aryl methyl sites for hydroxylation is 3. The lowest BCUT2D eigenvalue weighted by atomic mass is 9.65. The zero-order valence-electron chi connectivity index (χ0n) is 33.2. The van der Waals surface area contributed by atoms with Crippen LogP contribution in [-0.2, 0) is 5.41 Å². The molecular formula is C55H41N3O. The molecule has 8 aromatic carbocycles. The van der Waals surface area contributed by atoms with E-state index in [9.17, 15) is 0 Å². The summed E-state index contributed by atoms with van der Waals surface area (Å²) in [6.45, 7) is 6.44. The Morgan fingerprint density at radius 2 is 0.797 bits per heavy atom. The Balaban J connectivity index is 1.12. The number of nitrogens with zero attached hydrogens (tertiary/aromatic N) is 3. The highest BCUT2D eigenvalue weighted by Gasteiger charge is 2.38. The molecule has 0 bridgehead atoms. The SMILES string of the molecule is Cc1ccc(C(c2ccc(C)cc2)(c2ccc(C)cc2)c2ccc(-c3ccc4oc5cccc(-c6nc(-c7ccccc7)nc(-c7ccccc7)n6)c5c4c3)cc2)cc1. The largest absolute Gasteiger partial charge is 0.456 e. The van der Waals surface area contributed by atoms with Crippen molar-refractivity contribution in [3.05, 3.63) is 233 Å². The fraction of sp³-hybridized carbons (Fsp3) is 0.0727. The molecule has 4 heteroatoms. The standard InChI is InChI=1S/C55H41N3O/c1-36-17-26-43(27-18-36)55(44-28-19-37(2)20-29-44,45-30-21-38(3)22-31-45)46-32-23-39(24-33-46)42-25-34-49-48(35-42)51-47(15-10-16-50(51)59-49)54-57-52(40-11-6-4-7-12-40)56-53(58-54)41-13-8-5-9-14-41/h4-35H,1-3H3. The van der Waals surface area contributed by atoms with Crippen molar-refractivity contribution >= 4 is 21.9 Å². The van der Waals surface area contributed by atoms with E-state index in [1.165, 1.54) is 38.9 Å². The number of hydrogen-bond acceptors (Lipinski definition) is 4. The number of rotatable bonds is 8. The van der Waals surface area contributed by atoms with Crippen molar-refractivity contribution in [2.75, 3.05) is 0 Å². The van der Waals surface area contributed by atoms with Crippen LogP contribution in [0.1, 0.15) is 38.9 Å². The van der Waals surface area contributed by atoms with Crippen LogP contribution in [0, 0.1) is 20.8 Å². The normalized spacial score (nSPS) is 11.6. The van der Waals surface area contributed by atoms with Gasteiger partial charge in [-0.15, -0.1) is 0 Å². The Bertz CT molecular complexity index is 2910. The van der Waals surface area contributed by atoms with E-state index >= 15 is 0 Å². The zero-order chi connectivity index (χ0) is 39.9. The van der Waals surface area contributed by atoms with Gasteiger partial charge in [0, 0.05) is 27.5 Å². The van der Waals surface area contributed by atoms with Crippen molar-refractivity contribution in [2.45, 2.75) is 26.2 Å². The first-order valence-electron chi connectivity index (χ1n) is 20.1. The minimum atomic E-state index is -0.533. The van der Waals surface area contributed by atoms with Gasteiger partial charge in [0.2, 0.25) is 0 Å². The summed E-state index contributed by atoms with van der Waals surface area (Å²) in [4.78, 5) is 15.1. The molecule has 2 heterocycles. The predicted molar refractivity (Wildman–Crippen MR) is 241 cm³/mol. The van der Waals surface area contributed by atoms with Gasteiger partial charge >= 0.3 is 0 Å². The van der Waals surface area contributed by atoms with E-state index in [2.05, 4.69) is 142 Å². The van der Waals surface area contributed by atoms with Gasteiger partial charge in [-0.25, -0.2) is 15.0 Å². The van der Waals surface area contributed by atoms with E-state index in [0.29, 0.717) is 17.5 Å². The van der Waals surface area contributed by atoms with Crippen LogP contribution >= 0.6 is 0 Å². The average Bonchev–Trinajstić information content (AvgIpc) is 3.67. The molecule has 4 nitrogen and oxygen atoms in total. The third-order valence-electron chi connectivity index (χ3n) is 11.5. The summed E-state index contributed by atoms with van der Waals surface area (Å²) < 4.78 is 6.50. The summed E-state index contributed by atoms with van der Waals surface area (Å²) >= 11 is 0. The third-order valence-corrected chi connectivity index (χ3v) is 11.5. The Morgan fingerprint density at radius 1 is 0.356 bits per heavy atom. The topological polar surface area (TPSA) is 51.8 Å². The van der Waals surface area contributed by atoms with Crippen LogP contribution < -0.4 is 0 Å². The first kappa shape index (κ1) is 35.9. The Morgan fingerprint density at radius 3 is 1.29 bits per heavy atom. The molecule has 10 rings (SSSR count). The van der Waals surface area contributed by atoms with Crippen molar-refractivity contribution in [2.24, 2.45) is 0 Å². The lowest BCUT2D eigenvalue weighted by Crippen LogP contribution is -2.31. The Hall–Kier alpha value is -7.43. The predicted octanol–water partition coefficient (Wildman–Crippen LogP) is 13.7. The molecule has 0 saturated carbocycles. The fourth-order valence-electron chi connectivity index (χ4n) is 8.45. The summed E-state index contributed by atoms with van der Waals surface area (Å²) in [5.41, 5.74) is 14.6. The molecule has 0 spiro atoms. The van der Waals surface area contributed by atoms with Crippen LogP contribution in [0.3, 0.4) is 0 Å². The average molecular weight is 760 g/mol. The molecular weight excluding hydrogens is 719 g/mol. The first-order valence-corrected chi connectivity index (χ1v) is 20.1. The van der Waals surface area contributed by atoms with Gasteiger partial charge in [-0.05, 0) is 72.4 Å². The molecule has 0 saturated heterocycles. The van der Waals surface area contributed by atoms with Crippen LogP contribution in [0.2, 0.25) is 0 Å². The highest BCUT2D eigenvalue weighted by molar-refractivity contribution is 6.12. The van der Waals surface area contributed by atoms with E-state index < -0.39 is 5.41 Å². The number of aromatic nitrogens is 3. The van der Waals surface area contributed by atoms with Gasteiger partial charge < -0.3 is 4.42 Å². The van der Waals surface area contributed by atoms with Gasteiger partial charge in [-0.2, -0.15) is 0 Å². The van der Waals surface area contributed by atoms with E-state index in [1.807, 2.05) is 72.8 Å². The highest BCUT2D eigenvalue weighted by atomic mass is 16.3. The molecule has 0 unspecified atom stereocenters. The zero-order valence-corrected chi connectivity index (χ0v) is 33.2. The maximum absolute atomic E-state index is 6.50. The second kappa shape index (κ2) is 14.8. The fourth-order valence-corrected chi connectivity index (χ4v) is 8.45. The van der Waals surface area contributed by atoms with E-state index in [4.69, 9.17) is 19.4 Å². The number of hydrogen-bond donors (Lipinski definition) is 0. The summed E-state index contributed by atoms with van der Waals surface area (Å²) in [6.07, 6.45) is 0. The summed E-state index contributed by atoms with van der Waals surface area (Å²) in [5.74, 6) is 1.84. The quantitative estimate of drug-likeness (QED) is 0.145. The first-order chi connectivity index (χ1) is 28.9. The van der Waals surface area contributed by atoms with Crippen LogP contribution in [0.5, 0.6) is 0 Å². The number of benzene rings is 8. The van der Waals surface area contributed by atoms with Gasteiger partial charge in [-0.3, -0.25) is 0 Å². The smallest absolute Gasteiger partial charge is 0.164 e. The van der Waals surface area contributed by atoms with Crippen molar-refractivity contribution < 1.29 is 4.42 Å². The third kappa shape index (κ3) is 6.49. The van der Waals surface area contributed by atoms with Gasteiger partial charge in [0.15, 0.2) is 17.5 Å². The van der Waals surface area contributed by atoms with Gasteiger partial charge in [0.25, 0.3) is 0 Å². The molecule has 282 valence electrons. The van der Waals surface area contributed by atoms with Gasteiger partial charge in [-0.1, -0.05) is 193 Å². The van der Waals surface area contributed by atoms with Crippen LogP contribution in [-0.4, -0.2) is 15.0 Å². The molecule has 0 atom stereocenters. The number of furan rings is 1. The molecule has 0 fully saturated rings. The molecule has 59 heavy (non-hydrogen) atoms. The van der Waals surface area contributed by atoms with Gasteiger partial charge in [0.05, 0.1) is 5.41 Å². The second-order valence-corrected chi connectivity index (χ2v) is 15.5. The summed E-state index contributed by atoms with van der Waals surface area (Å²) in [6, 6.07) is 68.9. The molecule has 0 aliphatic carbocycles. The van der Waals surface area contributed by atoms with Gasteiger partial charge in [0.1, 0.15) is 11.2 Å². The monoisotopic (exact) mass is 759 g/mol. The molecule has 0 N–H and O–H groups in total. The highest BCUT2D eigenvalue weighted by Crippen LogP contribution is 2.46. The number of fused-ring (bicyclic) bond motifs is 3. The van der Waals surface area contributed by atoms with Crippen molar-refractivity contribution in [3.63, 3.8) is 0 Å². The molecule has 0 aliphatic heterocycles.